The first-order valence-electron chi connectivity index (χ1n) is 8.71. The Labute approximate surface area is 154 Å². The maximum Gasteiger partial charge on any atom is 0.255 e. The minimum Gasteiger partial charge on any atom is -0.363 e. The lowest BCUT2D eigenvalue weighted by molar-refractivity contribution is -0.136. The van der Waals surface area contributed by atoms with Crippen molar-refractivity contribution in [2.75, 3.05) is 5.32 Å². The zero-order valence-corrected chi connectivity index (χ0v) is 14.5. The Balaban J connectivity index is 1.45. The number of benzene rings is 1. The van der Waals surface area contributed by atoms with Crippen LogP contribution in [0.25, 0.3) is 0 Å². The van der Waals surface area contributed by atoms with Crippen LogP contribution in [0.5, 0.6) is 0 Å². The number of imide groups is 1. The normalized spacial score (nSPS) is 19.2. The molecule has 1 saturated heterocycles. The van der Waals surface area contributed by atoms with Gasteiger partial charge in [-0.05, 0) is 23.6 Å². The van der Waals surface area contributed by atoms with Gasteiger partial charge in [0.25, 0.3) is 5.91 Å². The number of hydrogen-bond acceptors (Lipinski definition) is 7. The third-order valence-electron chi connectivity index (χ3n) is 4.82. The van der Waals surface area contributed by atoms with Gasteiger partial charge in [-0.15, -0.1) is 0 Å². The molecule has 9 nitrogen and oxygen atoms in total. The standard InChI is InChI=1S/C18H19N5O4/c19-7-12-6-15(22-27-12)20-8-10-1-2-13-11(5-10)9-23(18(13)26)14-3-4-16(24)21-17(14)25/h1-2,5-6,14H,3-4,7-9,19H2,(H,20,22)(H,21,24,25). The fourth-order valence-corrected chi connectivity index (χ4v) is 3.42. The number of piperidine rings is 1. The Morgan fingerprint density at radius 3 is 2.89 bits per heavy atom. The van der Waals surface area contributed by atoms with Crippen molar-refractivity contribution in [1.29, 1.82) is 0 Å². The molecule has 4 rings (SSSR count). The van der Waals surface area contributed by atoms with Crippen LogP contribution in [0.2, 0.25) is 0 Å². The number of rotatable bonds is 5. The molecule has 0 spiro atoms. The summed E-state index contributed by atoms with van der Waals surface area (Å²) >= 11 is 0. The van der Waals surface area contributed by atoms with Gasteiger partial charge in [-0.3, -0.25) is 19.7 Å². The van der Waals surface area contributed by atoms with Crippen LogP contribution >= 0.6 is 0 Å². The minimum atomic E-state index is -0.603. The Morgan fingerprint density at radius 1 is 1.30 bits per heavy atom. The van der Waals surface area contributed by atoms with Gasteiger partial charge in [-0.1, -0.05) is 17.3 Å². The number of carbonyl (C=O) groups is 3. The molecule has 0 saturated carbocycles. The van der Waals surface area contributed by atoms with Crippen molar-refractivity contribution in [2.45, 2.75) is 38.5 Å². The monoisotopic (exact) mass is 369 g/mol. The van der Waals surface area contributed by atoms with Crippen LogP contribution in [0.4, 0.5) is 5.82 Å². The predicted octanol–water partition coefficient (Wildman–Crippen LogP) is 0.506. The summed E-state index contributed by atoms with van der Waals surface area (Å²) in [6.45, 7) is 1.15. The summed E-state index contributed by atoms with van der Waals surface area (Å²) in [4.78, 5) is 37.6. The lowest BCUT2D eigenvalue weighted by Gasteiger charge is -2.29. The molecule has 27 heavy (non-hydrogen) atoms. The van der Waals surface area contributed by atoms with Crippen molar-refractivity contribution in [3.8, 4) is 0 Å². The fourth-order valence-electron chi connectivity index (χ4n) is 3.42. The van der Waals surface area contributed by atoms with Gasteiger partial charge in [0.1, 0.15) is 6.04 Å². The summed E-state index contributed by atoms with van der Waals surface area (Å²) in [5, 5.41) is 9.32. The Bertz CT molecular complexity index is 922. The van der Waals surface area contributed by atoms with Crippen LogP contribution in [0.1, 0.15) is 40.1 Å². The number of carbonyl (C=O) groups excluding carboxylic acids is 3. The van der Waals surface area contributed by atoms with Gasteiger partial charge in [-0.25, -0.2) is 0 Å². The van der Waals surface area contributed by atoms with E-state index in [1.54, 1.807) is 12.1 Å². The highest BCUT2D eigenvalue weighted by atomic mass is 16.5. The van der Waals surface area contributed by atoms with E-state index < -0.39 is 11.9 Å². The van der Waals surface area contributed by atoms with Crippen LogP contribution in [0.15, 0.2) is 28.8 Å². The molecule has 140 valence electrons. The first-order chi connectivity index (χ1) is 13.0. The van der Waals surface area contributed by atoms with E-state index in [-0.39, 0.29) is 24.8 Å². The third-order valence-corrected chi connectivity index (χ3v) is 4.82. The molecule has 1 fully saturated rings. The molecule has 2 aliphatic heterocycles. The van der Waals surface area contributed by atoms with Crippen LogP contribution in [0, 0.1) is 0 Å². The summed E-state index contributed by atoms with van der Waals surface area (Å²) < 4.78 is 5.04. The molecule has 1 unspecified atom stereocenters. The summed E-state index contributed by atoms with van der Waals surface area (Å²) in [6.07, 6.45) is 0.600. The Hall–Kier alpha value is -3.20. The number of nitrogens with two attached hydrogens (primary N) is 1. The Morgan fingerprint density at radius 2 is 2.15 bits per heavy atom. The number of nitrogens with one attached hydrogen (secondary N) is 2. The number of aromatic nitrogens is 1. The summed E-state index contributed by atoms with van der Waals surface area (Å²) in [6, 6.07) is 6.71. The quantitative estimate of drug-likeness (QED) is 0.654. The molecule has 4 N–H and O–H groups in total. The van der Waals surface area contributed by atoms with Crippen molar-refractivity contribution >= 4 is 23.5 Å². The van der Waals surface area contributed by atoms with E-state index in [1.807, 2.05) is 12.1 Å². The second kappa shape index (κ2) is 6.84. The highest BCUT2D eigenvalue weighted by Crippen LogP contribution is 2.28. The minimum absolute atomic E-state index is 0.178. The van der Waals surface area contributed by atoms with Crippen molar-refractivity contribution in [2.24, 2.45) is 5.73 Å². The average molecular weight is 369 g/mol. The number of hydrogen-bond donors (Lipinski definition) is 3. The van der Waals surface area contributed by atoms with Gasteiger partial charge in [0.05, 0.1) is 6.54 Å². The van der Waals surface area contributed by atoms with Crippen LogP contribution < -0.4 is 16.4 Å². The smallest absolute Gasteiger partial charge is 0.255 e. The van der Waals surface area contributed by atoms with E-state index in [0.29, 0.717) is 36.7 Å². The van der Waals surface area contributed by atoms with Crippen molar-refractivity contribution in [1.82, 2.24) is 15.4 Å². The molecule has 1 aromatic heterocycles. The highest BCUT2D eigenvalue weighted by Gasteiger charge is 2.38. The van der Waals surface area contributed by atoms with Crippen molar-refractivity contribution in [3.05, 3.63) is 46.7 Å². The summed E-state index contributed by atoms with van der Waals surface area (Å²) in [5.41, 5.74) is 7.93. The zero-order valence-electron chi connectivity index (χ0n) is 14.5. The fraction of sp³-hybridized carbons (Fsp3) is 0.333. The SMILES string of the molecule is NCc1cc(NCc2ccc3c(c2)CN(C2CCC(=O)NC2=O)C3=O)no1. The molecule has 0 aliphatic carbocycles. The molecule has 3 heterocycles. The van der Waals surface area contributed by atoms with E-state index in [9.17, 15) is 14.4 Å². The van der Waals surface area contributed by atoms with E-state index in [0.717, 1.165) is 11.1 Å². The second-order valence-corrected chi connectivity index (χ2v) is 6.63. The topological polar surface area (TPSA) is 131 Å². The molecule has 0 bridgehead atoms. The highest BCUT2D eigenvalue weighted by molar-refractivity contribution is 6.05. The summed E-state index contributed by atoms with van der Waals surface area (Å²) in [7, 11) is 0. The lowest BCUT2D eigenvalue weighted by Crippen LogP contribution is -2.52. The molecule has 2 aliphatic rings. The molecule has 1 aromatic carbocycles. The molecule has 3 amide bonds. The van der Waals surface area contributed by atoms with Crippen molar-refractivity contribution < 1.29 is 18.9 Å². The second-order valence-electron chi connectivity index (χ2n) is 6.63. The molecule has 9 heteroatoms. The van der Waals surface area contributed by atoms with Crippen molar-refractivity contribution in [3.63, 3.8) is 0 Å². The van der Waals surface area contributed by atoms with Crippen LogP contribution in [0.3, 0.4) is 0 Å². The van der Waals surface area contributed by atoms with Crippen LogP contribution in [-0.2, 0) is 29.2 Å². The summed E-state index contributed by atoms with van der Waals surface area (Å²) in [5.74, 6) is 0.313. The zero-order chi connectivity index (χ0) is 19.0. The first-order valence-corrected chi connectivity index (χ1v) is 8.71. The van der Waals surface area contributed by atoms with Gasteiger partial charge < -0.3 is 20.5 Å². The van der Waals surface area contributed by atoms with Gasteiger partial charge in [0, 0.05) is 31.1 Å². The lowest BCUT2D eigenvalue weighted by atomic mass is 10.0. The van der Waals surface area contributed by atoms with E-state index >= 15 is 0 Å². The average Bonchev–Trinajstić information content (AvgIpc) is 3.24. The van der Waals surface area contributed by atoms with Gasteiger partial charge in [-0.2, -0.15) is 0 Å². The maximum absolute atomic E-state index is 12.7. The number of amides is 3. The largest absolute Gasteiger partial charge is 0.363 e. The van der Waals surface area contributed by atoms with Gasteiger partial charge >= 0.3 is 0 Å². The van der Waals surface area contributed by atoms with Gasteiger partial charge in [0.15, 0.2) is 11.6 Å². The number of anilines is 1. The van der Waals surface area contributed by atoms with E-state index in [2.05, 4.69) is 15.8 Å². The Kier molecular flexibility index (Phi) is 4.36. The maximum atomic E-state index is 12.7. The molecule has 2 aromatic rings. The molecular formula is C18H19N5O4. The van der Waals surface area contributed by atoms with E-state index in [4.69, 9.17) is 10.3 Å². The molecule has 0 radical (unpaired) electrons. The number of fused-ring (bicyclic) bond motifs is 1. The van der Waals surface area contributed by atoms with Crippen LogP contribution in [-0.4, -0.2) is 33.8 Å². The molecule has 1 atom stereocenters. The van der Waals surface area contributed by atoms with E-state index in [1.165, 1.54) is 4.90 Å². The van der Waals surface area contributed by atoms with Gasteiger partial charge in [0.2, 0.25) is 11.8 Å². The molecular weight excluding hydrogens is 350 g/mol. The number of nitrogens with zero attached hydrogens (tertiary/aromatic N) is 2. The predicted molar refractivity (Wildman–Crippen MR) is 94.2 cm³/mol. The first kappa shape index (κ1) is 17.2. The third kappa shape index (κ3) is 3.28.